The van der Waals surface area contributed by atoms with E-state index in [0.29, 0.717) is 5.75 Å². The lowest BCUT2D eigenvalue weighted by Gasteiger charge is -2.05. The van der Waals surface area contributed by atoms with Gasteiger partial charge >= 0.3 is 0 Å². The third-order valence-electron chi connectivity index (χ3n) is 1.38. The molecule has 0 aliphatic heterocycles. The van der Waals surface area contributed by atoms with E-state index in [4.69, 9.17) is 4.74 Å². The molecule has 0 atom stereocenters. The standard InChI is InChI=1S/C9H10FNO3/c1-13-11-9(12)6-14-8-4-2-3-7(10)5-8/h2-5H,6H2,1H3,(H,11,12). The lowest BCUT2D eigenvalue weighted by molar-refractivity contribution is -0.133. The minimum atomic E-state index is -0.434. The Kier molecular flexibility index (Phi) is 3.87. The summed E-state index contributed by atoms with van der Waals surface area (Å²) in [7, 11) is 1.32. The van der Waals surface area contributed by atoms with Gasteiger partial charge in [-0.1, -0.05) is 6.07 Å². The Morgan fingerprint density at radius 2 is 2.36 bits per heavy atom. The van der Waals surface area contributed by atoms with Gasteiger partial charge < -0.3 is 4.74 Å². The van der Waals surface area contributed by atoms with E-state index in [2.05, 4.69) is 10.3 Å². The highest BCUT2D eigenvalue weighted by atomic mass is 19.1. The lowest BCUT2D eigenvalue weighted by Crippen LogP contribution is -2.27. The smallest absolute Gasteiger partial charge is 0.281 e. The summed E-state index contributed by atoms with van der Waals surface area (Å²) in [6.07, 6.45) is 0. The molecular formula is C9H10FNO3. The minimum Gasteiger partial charge on any atom is -0.484 e. The fraction of sp³-hybridized carbons (Fsp3) is 0.222. The molecule has 14 heavy (non-hydrogen) atoms. The maximum Gasteiger partial charge on any atom is 0.281 e. The predicted molar refractivity (Wildman–Crippen MR) is 47.0 cm³/mol. The molecule has 0 heterocycles. The Morgan fingerprint density at radius 1 is 1.57 bits per heavy atom. The molecule has 0 spiro atoms. The van der Waals surface area contributed by atoms with Crippen molar-refractivity contribution in [3.63, 3.8) is 0 Å². The van der Waals surface area contributed by atoms with Crippen molar-refractivity contribution in [2.45, 2.75) is 0 Å². The van der Waals surface area contributed by atoms with Crippen LogP contribution < -0.4 is 10.2 Å². The van der Waals surface area contributed by atoms with Gasteiger partial charge in [0.25, 0.3) is 5.91 Å². The summed E-state index contributed by atoms with van der Waals surface area (Å²) < 4.78 is 17.6. The zero-order valence-electron chi connectivity index (χ0n) is 7.62. The molecule has 0 aliphatic rings. The number of hydroxylamine groups is 1. The zero-order chi connectivity index (χ0) is 10.4. The van der Waals surface area contributed by atoms with Crippen molar-refractivity contribution in [1.82, 2.24) is 5.48 Å². The third-order valence-corrected chi connectivity index (χ3v) is 1.38. The molecule has 0 saturated heterocycles. The van der Waals surface area contributed by atoms with Crippen molar-refractivity contribution >= 4 is 5.91 Å². The number of amides is 1. The van der Waals surface area contributed by atoms with E-state index < -0.39 is 11.7 Å². The van der Waals surface area contributed by atoms with Crippen LogP contribution >= 0.6 is 0 Å². The summed E-state index contributed by atoms with van der Waals surface area (Å²) >= 11 is 0. The molecule has 0 bridgehead atoms. The van der Waals surface area contributed by atoms with Crippen LogP contribution in [-0.4, -0.2) is 19.6 Å². The second-order valence-electron chi connectivity index (χ2n) is 2.48. The summed E-state index contributed by atoms with van der Waals surface area (Å²) in [5, 5.41) is 0. The normalized spacial score (nSPS) is 9.57. The predicted octanol–water partition coefficient (Wildman–Crippen LogP) is 0.882. The van der Waals surface area contributed by atoms with Crippen molar-refractivity contribution in [2.75, 3.05) is 13.7 Å². The quantitative estimate of drug-likeness (QED) is 0.732. The van der Waals surface area contributed by atoms with E-state index in [9.17, 15) is 9.18 Å². The van der Waals surface area contributed by atoms with Crippen LogP contribution in [0.5, 0.6) is 5.75 Å². The van der Waals surface area contributed by atoms with Crippen LogP contribution in [-0.2, 0) is 9.63 Å². The Morgan fingerprint density at radius 3 is 3.00 bits per heavy atom. The van der Waals surface area contributed by atoms with Crippen molar-refractivity contribution in [2.24, 2.45) is 0 Å². The first-order chi connectivity index (χ1) is 6.72. The number of ether oxygens (including phenoxy) is 1. The van der Waals surface area contributed by atoms with Crippen LogP contribution in [0.1, 0.15) is 0 Å². The van der Waals surface area contributed by atoms with Crippen LogP contribution in [0.25, 0.3) is 0 Å². The number of carbonyl (C=O) groups is 1. The minimum absolute atomic E-state index is 0.211. The SMILES string of the molecule is CONC(=O)COc1cccc(F)c1. The number of hydrogen-bond acceptors (Lipinski definition) is 3. The van der Waals surface area contributed by atoms with Gasteiger partial charge in [-0.05, 0) is 12.1 Å². The molecule has 0 fully saturated rings. The lowest BCUT2D eigenvalue weighted by atomic mass is 10.3. The maximum atomic E-state index is 12.6. The molecule has 1 rings (SSSR count). The first-order valence-corrected chi connectivity index (χ1v) is 3.92. The molecule has 1 aromatic carbocycles. The van der Waals surface area contributed by atoms with Gasteiger partial charge in [0.2, 0.25) is 0 Å². The monoisotopic (exact) mass is 199 g/mol. The molecule has 5 heteroatoms. The molecule has 0 aliphatic carbocycles. The van der Waals surface area contributed by atoms with Gasteiger partial charge in [0.1, 0.15) is 11.6 Å². The van der Waals surface area contributed by atoms with Crippen LogP contribution in [0.3, 0.4) is 0 Å². The summed E-state index contributed by atoms with van der Waals surface area (Å²) in [6, 6.07) is 5.55. The van der Waals surface area contributed by atoms with E-state index in [1.165, 1.54) is 25.3 Å². The molecule has 4 nitrogen and oxygen atoms in total. The van der Waals surface area contributed by atoms with Crippen LogP contribution in [0.15, 0.2) is 24.3 Å². The second-order valence-corrected chi connectivity index (χ2v) is 2.48. The van der Waals surface area contributed by atoms with Crippen molar-refractivity contribution in [3.05, 3.63) is 30.1 Å². The van der Waals surface area contributed by atoms with Crippen molar-refractivity contribution < 1.29 is 18.8 Å². The fourth-order valence-electron chi connectivity index (χ4n) is 0.849. The number of hydrogen-bond donors (Lipinski definition) is 1. The molecule has 0 radical (unpaired) electrons. The van der Waals surface area contributed by atoms with E-state index in [0.717, 1.165) is 0 Å². The first kappa shape index (κ1) is 10.5. The molecule has 1 aromatic rings. The molecule has 1 N–H and O–H groups in total. The summed E-state index contributed by atoms with van der Waals surface area (Å²) in [5.74, 6) is -0.539. The van der Waals surface area contributed by atoms with Gasteiger partial charge in [-0.2, -0.15) is 0 Å². The van der Waals surface area contributed by atoms with Gasteiger partial charge in [0.15, 0.2) is 6.61 Å². The molecule has 0 unspecified atom stereocenters. The Balaban J connectivity index is 2.41. The molecule has 0 saturated carbocycles. The average Bonchev–Trinajstić information content (AvgIpc) is 2.15. The van der Waals surface area contributed by atoms with Crippen LogP contribution in [0, 0.1) is 5.82 Å². The number of rotatable bonds is 4. The summed E-state index contributed by atoms with van der Waals surface area (Å²) in [6.45, 7) is -0.211. The van der Waals surface area contributed by atoms with E-state index in [-0.39, 0.29) is 6.61 Å². The number of halogens is 1. The highest BCUT2D eigenvalue weighted by Gasteiger charge is 2.01. The zero-order valence-corrected chi connectivity index (χ0v) is 7.62. The third kappa shape index (κ3) is 3.40. The van der Waals surface area contributed by atoms with Crippen molar-refractivity contribution in [3.8, 4) is 5.75 Å². The highest BCUT2D eigenvalue weighted by Crippen LogP contribution is 2.11. The average molecular weight is 199 g/mol. The molecule has 0 aromatic heterocycles. The number of carbonyl (C=O) groups excluding carboxylic acids is 1. The fourth-order valence-corrected chi connectivity index (χ4v) is 0.849. The largest absolute Gasteiger partial charge is 0.484 e. The Labute approximate surface area is 80.6 Å². The van der Waals surface area contributed by atoms with E-state index >= 15 is 0 Å². The van der Waals surface area contributed by atoms with Gasteiger partial charge in [0, 0.05) is 6.07 Å². The Hall–Kier alpha value is -1.62. The highest BCUT2D eigenvalue weighted by molar-refractivity contribution is 5.76. The molecule has 76 valence electrons. The Bertz CT molecular complexity index is 317. The molecular weight excluding hydrogens is 189 g/mol. The second kappa shape index (κ2) is 5.18. The van der Waals surface area contributed by atoms with Gasteiger partial charge in [-0.15, -0.1) is 0 Å². The number of benzene rings is 1. The van der Waals surface area contributed by atoms with Gasteiger partial charge in [0.05, 0.1) is 7.11 Å². The maximum absolute atomic E-state index is 12.6. The van der Waals surface area contributed by atoms with Crippen LogP contribution in [0.2, 0.25) is 0 Å². The topological polar surface area (TPSA) is 47.6 Å². The number of nitrogens with one attached hydrogen (secondary N) is 1. The molecule has 1 amide bonds. The van der Waals surface area contributed by atoms with E-state index in [1.54, 1.807) is 6.07 Å². The summed E-state index contributed by atoms with van der Waals surface area (Å²) in [4.78, 5) is 15.2. The van der Waals surface area contributed by atoms with Gasteiger partial charge in [-0.25, -0.2) is 9.87 Å². The van der Waals surface area contributed by atoms with Crippen LogP contribution in [0.4, 0.5) is 4.39 Å². The van der Waals surface area contributed by atoms with Crippen molar-refractivity contribution in [1.29, 1.82) is 0 Å². The van der Waals surface area contributed by atoms with E-state index in [1.807, 2.05) is 0 Å². The van der Waals surface area contributed by atoms with Gasteiger partial charge in [-0.3, -0.25) is 9.63 Å². The summed E-state index contributed by atoms with van der Waals surface area (Å²) in [5.41, 5.74) is 2.07. The first-order valence-electron chi connectivity index (χ1n) is 3.92.